The van der Waals surface area contributed by atoms with Gasteiger partial charge >= 0.3 is 0 Å². The van der Waals surface area contributed by atoms with Crippen LogP contribution in [0.3, 0.4) is 0 Å². The molecule has 0 bridgehead atoms. The van der Waals surface area contributed by atoms with Gasteiger partial charge in [-0.2, -0.15) is 0 Å². The molecule has 0 radical (unpaired) electrons. The number of hydrogen-bond donors (Lipinski definition) is 1. The van der Waals surface area contributed by atoms with E-state index in [4.69, 9.17) is 16.3 Å². The van der Waals surface area contributed by atoms with Gasteiger partial charge in [-0.25, -0.2) is 9.37 Å². The quantitative estimate of drug-likeness (QED) is 0.401. The predicted octanol–water partition coefficient (Wildman–Crippen LogP) is 5.51. The van der Waals surface area contributed by atoms with Gasteiger partial charge in [0, 0.05) is 35.4 Å². The number of aromatic nitrogens is 2. The molecule has 0 unspecified atom stereocenters. The lowest BCUT2D eigenvalue weighted by molar-refractivity contribution is 0.0946. The lowest BCUT2D eigenvalue weighted by Crippen LogP contribution is -2.23. The van der Waals surface area contributed by atoms with Crippen LogP contribution < -0.4 is 10.1 Å². The van der Waals surface area contributed by atoms with Crippen molar-refractivity contribution in [1.29, 1.82) is 0 Å². The Kier molecular flexibility index (Phi) is 6.54. The topological polar surface area (TPSA) is 64.1 Å². The minimum absolute atomic E-state index is 0.0311. The van der Waals surface area contributed by atoms with Gasteiger partial charge in [-0.3, -0.25) is 9.78 Å². The second-order valence-electron chi connectivity index (χ2n) is 6.60. The zero-order chi connectivity index (χ0) is 21.6. The minimum atomic E-state index is -0.402. The standard InChI is InChI=1S/C23H17ClFN3O2S/c24-19-4-1-5-20(25)18(19)13-30-17-8-6-16(7-9-17)23-28-21(14-31-23)22(29)27-12-15-3-2-10-26-11-15/h1-11,14H,12-13H2,(H,27,29). The molecule has 8 heteroatoms. The van der Waals surface area contributed by atoms with E-state index < -0.39 is 5.82 Å². The first-order valence-corrected chi connectivity index (χ1v) is 10.6. The van der Waals surface area contributed by atoms with Crippen LogP contribution >= 0.6 is 22.9 Å². The second-order valence-corrected chi connectivity index (χ2v) is 7.86. The Bertz CT molecular complexity index is 1160. The summed E-state index contributed by atoms with van der Waals surface area (Å²) in [6, 6.07) is 15.5. The maximum atomic E-state index is 13.9. The summed E-state index contributed by atoms with van der Waals surface area (Å²) in [4.78, 5) is 20.8. The molecular weight excluding hydrogens is 437 g/mol. The van der Waals surface area contributed by atoms with E-state index in [-0.39, 0.29) is 12.5 Å². The third kappa shape index (κ3) is 5.25. The SMILES string of the molecule is O=C(NCc1cccnc1)c1csc(-c2ccc(OCc3c(F)cccc3Cl)cc2)n1. The van der Waals surface area contributed by atoms with Crippen LogP contribution in [0.2, 0.25) is 5.02 Å². The first-order chi connectivity index (χ1) is 15.1. The first kappa shape index (κ1) is 21.0. The van der Waals surface area contributed by atoms with Crippen LogP contribution in [0.1, 0.15) is 21.6 Å². The summed E-state index contributed by atoms with van der Waals surface area (Å²) in [5.41, 5.74) is 2.44. The Morgan fingerprint density at radius 2 is 1.97 bits per heavy atom. The van der Waals surface area contributed by atoms with Crippen LogP contribution in [-0.2, 0) is 13.2 Å². The molecule has 0 aliphatic rings. The van der Waals surface area contributed by atoms with Gasteiger partial charge in [-0.05, 0) is 48.0 Å². The van der Waals surface area contributed by atoms with E-state index in [0.29, 0.717) is 28.6 Å². The summed E-state index contributed by atoms with van der Waals surface area (Å²) < 4.78 is 19.5. The van der Waals surface area contributed by atoms with E-state index in [2.05, 4.69) is 15.3 Å². The number of benzene rings is 2. The van der Waals surface area contributed by atoms with Crippen molar-refractivity contribution >= 4 is 28.8 Å². The molecule has 0 aliphatic carbocycles. The summed E-state index contributed by atoms with van der Waals surface area (Å²) in [5.74, 6) is -0.0663. The van der Waals surface area contributed by atoms with Crippen molar-refractivity contribution in [2.75, 3.05) is 0 Å². The van der Waals surface area contributed by atoms with Crippen LogP contribution in [0.5, 0.6) is 5.75 Å². The molecule has 0 atom stereocenters. The van der Waals surface area contributed by atoms with Gasteiger partial charge in [0.05, 0.1) is 5.02 Å². The van der Waals surface area contributed by atoms with E-state index in [1.165, 1.54) is 17.4 Å². The molecule has 4 aromatic rings. The van der Waals surface area contributed by atoms with Crippen molar-refractivity contribution < 1.29 is 13.9 Å². The molecule has 1 N–H and O–H groups in total. The molecule has 0 saturated carbocycles. The number of carbonyl (C=O) groups excluding carboxylic acids is 1. The Hall–Kier alpha value is -3.29. The fraction of sp³-hybridized carbons (Fsp3) is 0.0870. The van der Waals surface area contributed by atoms with Crippen molar-refractivity contribution in [3.8, 4) is 16.3 Å². The van der Waals surface area contributed by atoms with Gasteiger partial charge in [0.1, 0.15) is 28.9 Å². The highest BCUT2D eigenvalue weighted by atomic mass is 35.5. The number of halogens is 2. The number of nitrogens with one attached hydrogen (secondary N) is 1. The van der Waals surface area contributed by atoms with Crippen molar-refractivity contribution in [2.24, 2.45) is 0 Å². The number of carbonyl (C=O) groups is 1. The maximum absolute atomic E-state index is 13.9. The molecule has 0 aliphatic heterocycles. The van der Waals surface area contributed by atoms with Crippen molar-refractivity contribution in [3.63, 3.8) is 0 Å². The number of amides is 1. The second kappa shape index (κ2) is 9.68. The van der Waals surface area contributed by atoms with Crippen molar-refractivity contribution in [3.05, 3.63) is 100 Å². The zero-order valence-corrected chi connectivity index (χ0v) is 17.8. The van der Waals surface area contributed by atoms with Gasteiger partial charge in [0.15, 0.2) is 0 Å². The van der Waals surface area contributed by atoms with E-state index >= 15 is 0 Å². The number of pyridine rings is 1. The molecule has 2 aromatic carbocycles. The monoisotopic (exact) mass is 453 g/mol. The summed E-state index contributed by atoms with van der Waals surface area (Å²) >= 11 is 7.40. The molecule has 0 fully saturated rings. The molecule has 5 nitrogen and oxygen atoms in total. The van der Waals surface area contributed by atoms with Crippen LogP contribution in [0, 0.1) is 5.82 Å². The smallest absolute Gasteiger partial charge is 0.271 e. The van der Waals surface area contributed by atoms with E-state index in [1.54, 1.807) is 42.0 Å². The zero-order valence-electron chi connectivity index (χ0n) is 16.2. The average Bonchev–Trinajstić information content (AvgIpc) is 3.29. The molecule has 2 aromatic heterocycles. The molecule has 31 heavy (non-hydrogen) atoms. The van der Waals surface area contributed by atoms with Crippen molar-refractivity contribution in [2.45, 2.75) is 13.2 Å². The average molecular weight is 454 g/mol. The highest BCUT2D eigenvalue weighted by Crippen LogP contribution is 2.27. The Labute approximate surface area is 187 Å². The minimum Gasteiger partial charge on any atom is -0.489 e. The van der Waals surface area contributed by atoms with Gasteiger partial charge < -0.3 is 10.1 Å². The lowest BCUT2D eigenvalue weighted by Gasteiger charge is -2.09. The highest BCUT2D eigenvalue weighted by Gasteiger charge is 2.12. The number of thiazole rings is 1. The van der Waals surface area contributed by atoms with Crippen LogP contribution in [-0.4, -0.2) is 15.9 Å². The first-order valence-electron chi connectivity index (χ1n) is 9.39. The Morgan fingerprint density at radius 3 is 2.71 bits per heavy atom. The van der Waals surface area contributed by atoms with Gasteiger partial charge in [-0.1, -0.05) is 23.7 Å². The van der Waals surface area contributed by atoms with Gasteiger partial charge in [0.2, 0.25) is 0 Å². The molecule has 4 rings (SSSR count). The fourth-order valence-corrected chi connectivity index (χ4v) is 3.83. The van der Waals surface area contributed by atoms with E-state index in [9.17, 15) is 9.18 Å². The Balaban J connectivity index is 1.37. The highest BCUT2D eigenvalue weighted by molar-refractivity contribution is 7.13. The summed E-state index contributed by atoms with van der Waals surface area (Å²) in [7, 11) is 0. The maximum Gasteiger partial charge on any atom is 0.271 e. The summed E-state index contributed by atoms with van der Waals surface area (Å²) in [5, 5.41) is 5.60. The summed E-state index contributed by atoms with van der Waals surface area (Å²) in [6.07, 6.45) is 3.39. The van der Waals surface area contributed by atoms with Gasteiger partial charge in [0.25, 0.3) is 5.91 Å². The van der Waals surface area contributed by atoms with Crippen LogP contribution in [0.4, 0.5) is 4.39 Å². The fourth-order valence-electron chi connectivity index (χ4n) is 2.81. The number of nitrogens with zero attached hydrogens (tertiary/aromatic N) is 2. The number of hydrogen-bond acceptors (Lipinski definition) is 5. The summed E-state index contributed by atoms with van der Waals surface area (Å²) in [6.45, 7) is 0.418. The van der Waals surface area contributed by atoms with E-state index in [1.807, 2.05) is 24.3 Å². The molecule has 2 heterocycles. The van der Waals surface area contributed by atoms with Crippen molar-refractivity contribution in [1.82, 2.24) is 15.3 Å². The third-order valence-electron chi connectivity index (χ3n) is 4.46. The number of rotatable bonds is 7. The number of ether oxygens (including phenoxy) is 1. The van der Waals surface area contributed by atoms with Gasteiger partial charge in [-0.15, -0.1) is 11.3 Å². The molecule has 0 saturated heterocycles. The molecular formula is C23H17ClFN3O2S. The largest absolute Gasteiger partial charge is 0.489 e. The third-order valence-corrected chi connectivity index (χ3v) is 5.70. The van der Waals surface area contributed by atoms with Crippen LogP contribution in [0.15, 0.2) is 72.4 Å². The Morgan fingerprint density at radius 1 is 1.13 bits per heavy atom. The molecule has 0 spiro atoms. The lowest BCUT2D eigenvalue weighted by atomic mass is 10.2. The molecule has 156 valence electrons. The molecule has 1 amide bonds. The predicted molar refractivity (Wildman–Crippen MR) is 119 cm³/mol. The van der Waals surface area contributed by atoms with Crippen LogP contribution in [0.25, 0.3) is 10.6 Å². The normalized spacial score (nSPS) is 10.6. The van der Waals surface area contributed by atoms with E-state index in [0.717, 1.165) is 16.1 Å².